The van der Waals surface area contributed by atoms with Crippen LogP contribution in [-0.2, 0) is 6.61 Å². The molecule has 0 aliphatic carbocycles. The Morgan fingerprint density at radius 2 is 1.73 bits per heavy atom. The van der Waals surface area contributed by atoms with E-state index < -0.39 is 0 Å². The predicted molar refractivity (Wildman–Crippen MR) is 109 cm³/mol. The summed E-state index contributed by atoms with van der Waals surface area (Å²) in [5, 5.41) is 17.4. The molecule has 6 nitrogen and oxygen atoms in total. The first-order chi connectivity index (χ1) is 14.7. The maximum atomic E-state index is 13.7. The lowest BCUT2D eigenvalue weighted by Crippen LogP contribution is -1.98. The van der Waals surface area contributed by atoms with Gasteiger partial charge in [-0.05, 0) is 30.3 Å². The summed E-state index contributed by atoms with van der Waals surface area (Å²) in [6.45, 7) is 0.0533. The average Bonchev–Trinajstić information content (AvgIpc) is 3.21. The number of hydrogen-bond donors (Lipinski definition) is 2. The first-order valence-electron chi connectivity index (χ1n) is 9.19. The van der Waals surface area contributed by atoms with Crippen LogP contribution in [0, 0.1) is 5.82 Å². The summed E-state index contributed by atoms with van der Waals surface area (Å²) in [4.78, 5) is 0. The number of nitrogens with zero attached hydrogens (tertiary/aromatic N) is 1. The molecule has 4 aromatic rings. The largest absolute Gasteiger partial charge is 0.507 e. The average molecular weight is 406 g/mol. The van der Waals surface area contributed by atoms with E-state index in [0.29, 0.717) is 39.8 Å². The molecule has 30 heavy (non-hydrogen) atoms. The Morgan fingerprint density at radius 3 is 2.50 bits per heavy atom. The molecule has 0 atom stereocenters. The third-order valence-electron chi connectivity index (χ3n) is 4.48. The van der Waals surface area contributed by atoms with Crippen molar-refractivity contribution < 1.29 is 23.7 Å². The minimum atomic E-state index is -0.339. The van der Waals surface area contributed by atoms with Crippen LogP contribution in [-0.4, -0.2) is 22.4 Å². The first-order valence-corrected chi connectivity index (χ1v) is 9.19. The van der Waals surface area contributed by atoms with Gasteiger partial charge in [-0.15, -0.1) is 0 Å². The summed E-state index contributed by atoms with van der Waals surface area (Å²) in [6, 6.07) is 18.4. The third-order valence-corrected chi connectivity index (χ3v) is 4.48. The highest BCUT2D eigenvalue weighted by Gasteiger charge is 2.16. The minimum absolute atomic E-state index is 0.0323. The third kappa shape index (κ3) is 4.05. The van der Waals surface area contributed by atoms with Crippen molar-refractivity contribution >= 4 is 0 Å². The Balaban J connectivity index is 1.54. The van der Waals surface area contributed by atoms with Crippen molar-refractivity contribution in [2.75, 3.05) is 7.11 Å². The number of aromatic nitrogens is 2. The van der Waals surface area contributed by atoms with Crippen molar-refractivity contribution in [2.45, 2.75) is 6.61 Å². The van der Waals surface area contributed by atoms with Crippen molar-refractivity contribution in [2.24, 2.45) is 0 Å². The highest BCUT2D eigenvalue weighted by molar-refractivity contribution is 5.73. The smallest absolute Gasteiger partial charge is 0.173 e. The molecule has 1 aromatic heterocycles. The van der Waals surface area contributed by atoms with Gasteiger partial charge in [-0.1, -0.05) is 30.3 Å². The lowest BCUT2D eigenvalue weighted by molar-refractivity contribution is 0.298. The number of nitrogens with one attached hydrogen (secondary N) is 1. The molecule has 0 radical (unpaired) electrons. The van der Waals surface area contributed by atoms with Gasteiger partial charge in [0.25, 0.3) is 0 Å². The summed E-state index contributed by atoms with van der Waals surface area (Å²) in [7, 11) is 1.56. The molecule has 0 aliphatic rings. The highest BCUT2D eigenvalue weighted by atomic mass is 19.1. The van der Waals surface area contributed by atoms with E-state index in [1.54, 1.807) is 49.6 Å². The normalized spacial score (nSPS) is 10.6. The number of benzene rings is 3. The fraction of sp³-hybridized carbons (Fsp3) is 0.0870. The molecule has 0 fully saturated rings. The maximum absolute atomic E-state index is 13.7. The molecule has 2 N–H and O–H groups in total. The molecule has 152 valence electrons. The molecular formula is C23H19FN2O4. The van der Waals surface area contributed by atoms with Crippen LogP contribution in [0.15, 0.2) is 72.9 Å². The fourth-order valence-electron chi connectivity index (χ4n) is 2.96. The zero-order valence-electron chi connectivity index (χ0n) is 16.1. The Kier molecular flexibility index (Phi) is 5.52. The van der Waals surface area contributed by atoms with Crippen LogP contribution >= 0.6 is 0 Å². The molecule has 0 aliphatic heterocycles. The van der Waals surface area contributed by atoms with E-state index in [2.05, 4.69) is 10.2 Å². The summed E-state index contributed by atoms with van der Waals surface area (Å²) in [5.74, 6) is 1.56. The number of ether oxygens (including phenoxy) is 3. The zero-order valence-corrected chi connectivity index (χ0v) is 16.1. The van der Waals surface area contributed by atoms with Crippen LogP contribution in [0.2, 0.25) is 0 Å². The molecule has 0 saturated heterocycles. The molecule has 7 heteroatoms. The van der Waals surface area contributed by atoms with Gasteiger partial charge in [0, 0.05) is 17.2 Å². The molecular weight excluding hydrogens is 387 g/mol. The van der Waals surface area contributed by atoms with E-state index >= 15 is 0 Å². The SMILES string of the molecule is COc1ccccc1Oc1cn[nH]c1-c1ccc(OCc2ccccc2F)cc1O. The van der Waals surface area contributed by atoms with Gasteiger partial charge in [-0.25, -0.2) is 4.39 Å². The molecule has 3 aromatic carbocycles. The van der Waals surface area contributed by atoms with Crippen LogP contribution in [0.25, 0.3) is 11.3 Å². The fourth-order valence-corrected chi connectivity index (χ4v) is 2.96. The number of phenolic OH excluding ortho intramolecular Hbond substituents is 1. The number of aromatic hydroxyl groups is 1. The minimum Gasteiger partial charge on any atom is -0.507 e. The lowest BCUT2D eigenvalue weighted by atomic mass is 10.1. The molecule has 1 heterocycles. The monoisotopic (exact) mass is 406 g/mol. The Morgan fingerprint density at radius 1 is 0.967 bits per heavy atom. The molecule has 0 bridgehead atoms. The number of para-hydroxylation sites is 2. The zero-order chi connectivity index (χ0) is 20.9. The number of rotatable bonds is 7. The molecule has 0 unspecified atom stereocenters. The second-order valence-electron chi connectivity index (χ2n) is 6.42. The van der Waals surface area contributed by atoms with Crippen LogP contribution in [0.4, 0.5) is 4.39 Å². The second kappa shape index (κ2) is 8.57. The van der Waals surface area contributed by atoms with Gasteiger partial charge in [0.15, 0.2) is 17.2 Å². The number of phenols is 1. The molecule has 0 amide bonds. The highest BCUT2D eigenvalue weighted by Crippen LogP contribution is 2.39. The number of H-pyrrole nitrogens is 1. The van der Waals surface area contributed by atoms with E-state index in [1.807, 2.05) is 12.1 Å². The van der Waals surface area contributed by atoms with E-state index in [1.165, 1.54) is 18.3 Å². The van der Waals surface area contributed by atoms with Crippen molar-refractivity contribution in [3.63, 3.8) is 0 Å². The Bertz CT molecular complexity index is 1160. The van der Waals surface area contributed by atoms with E-state index in [-0.39, 0.29) is 18.2 Å². The van der Waals surface area contributed by atoms with Crippen LogP contribution in [0.3, 0.4) is 0 Å². The molecule has 0 saturated carbocycles. The van der Waals surface area contributed by atoms with E-state index in [9.17, 15) is 9.50 Å². The Hall–Kier alpha value is -4.00. The quantitative estimate of drug-likeness (QED) is 0.435. The van der Waals surface area contributed by atoms with Crippen LogP contribution in [0.5, 0.6) is 28.7 Å². The van der Waals surface area contributed by atoms with Gasteiger partial charge in [0.05, 0.1) is 13.3 Å². The van der Waals surface area contributed by atoms with Gasteiger partial charge in [0.1, 0.15) is 29.6 Å². The summed E-state index contributed by atoms with van der Waals surface area (Å²) >= 11 is 0. The van der Waals surface area contributed by atoms with Crippen molar-refractivity contribution in [1.82, 2.24) is 10.2 Å². The second-order valence-corrected chi connectivity index (χ2v) is 6.42. The number of halogens is 1. The van der Waals surface area contributed by atoms with E-state index in [4.69, 9.17) is 14.2 Å². The van der Waals surface area contributed by atoms with Gasteiger partial charge in [0.2, 0.25) is 0 Å². The Labute approximate surface area is 172 Å². The standard InChI is InChI=1S/C23H19FN2O4/c1-28-20-8-4-5-9-21(20)30-22-13-25-26-23(22)17-11-10-16(12-19(17)27)29-14-15-6-2-3-7-18(15)24/h2-13,27H,14H2,1H3,(H,25,26). The molecule has 4 rings (SSSR count). The van der Waals surface area contributed by atoms with Crippen molar-refractivity contribution in [3.8, 4) is 40.0 Å². The maximum Gasteiger partial charge on any atom is 0.173 e. The number of hydrogen-bond acceptors (Lipinski definition) is 5. The molecule has 0 spiro atoms. The van der Waals surface area contributed by atoms with Crippen molar-refractivity contribution in [3.05, 3.63) is 84.3 Å². The van der Waals surface area contributed by atoms with Gasteiger partial charge < -0.3 is 19.3 Å². The van der Waals surface area contributed by atoms with Gasteiger partial charge >= 0.3 is 0 Å². The van der Waals surface area contributed by atoms with Crippen LogP contribution < -0.4 is 14.2 Å². The van der Waals surface area contributed by atoms with Gasteiger partial charge in [-0.3, -0.25) is 5.10 Å². The predicted octanol–water partition coefficient (Wildman–Crippen LogP) is 5.30. The number of methoxy groups -OCH3 is 1. The van der Waals surface area contributed by atoms with Crippen LogP contribution in [0.1, 0.15) is 5.56 Å². The van der Waals surface area contributed by atoms with E-state index in [0.717, 1.165) is 0 Å². The first kappa shape index (κ1) is 19.3. The topological polar surface area (TPSA) is 76.6 Å². The number of aromatic amines is 1. The van der Waals surface area contributed by atoms with Crippen molar-refractivity contribution in [1.29, 1.82) is 0 Å². The summed E-state index contributed by atoms with van der Waals surface area (Å²) < 4.78 is 30.6. The summed E-state index contributed by atoms with van der Waals surface area (Å²) in [5.41, 5.74) is 1.41. The summed E-state index contributed by atoms with van der Waals surface area (Å²) in [6.07, 6.45) is 1.52. The lowest BCUT2D eigenvalue weighted by Gasteiger charge is -2.12. The van der Waals surface area contributed by atoms with Gasteiger partial charge in [-0.2, -0.15) is 5.10 Å².